The van der Waals surface area contributed by atoms with E-state index in [0.29, 0.717) is 29.2 Å². The van der Waals surface area contributed by atoms with E-state index in [1.165, 1.54) is 18.3 Å². The van der Waals surface area contributed by atoms with Crippen molar-refractivity contribution in [3.05, 3.63) is 89.5 Å². The molecule has 3 aromatic rings. The summed E-state index contributed by atoms with van der Waals surface area (Å²) < 4.78 is 37.5. The van der Waals surface area contributed by atoms with Crippen molar-refractivity contribution in [3.63, 3.8) is 0 Å². The number of nitrogens with one attached hydrogen (secondary N) is 2. The fourth-order valence-corrected chi connectivity index (χ4v) is 3.86. The van der Waals surface area contributed by atoms with E-state index in [4.69, 9.17) is 9.47 Å². The molecule has 188 valence electrons. The van der Waals surface area contributed by atoms with Crippen LogP contribution in [0.25, 0.3) is 0 Å². The van der Waals surface area contributed by atoms with Gasteiger partial charge in [-0.05, 0) is 79.6 Å². The minimum atomic E-state index is -3.80. The van der Waals surface area contributed by atoms with Crippen LogP contribution in [-0.2, 0) is 14.8 Å². The van der Waals surface area contributed by atoms with Crippen LogP contribution >= 0.6 is 0 Å². The number of nitrogens with zero attached hydrogens (tertiary/aromatic N) is 1. The summed E-state index contributed by atoms with van der Waals surface area (Å²) in [6.07, 6.45) is 2.28. The Bertz CT molecular complexity index is 1300. The molecular formula is C26H27N3O6S. The van der Waals surface area contributed by atoms with E-state index in [0.717, 1.165) is 12.0 Å². The summed E-state index contributed by atoms with van der Waals surface area (Å²) in [5.41, 5.74) is 4.21. The lowest BCUT2D eigenvalue weighted by Gasteiger charge is -2.07. The predicted octanol–water partition coefficient (Wildman–Crippen LogP) is 3.43. The van der Waals surface area contributed by atoms with Crippen LogP contribution in [0.5, 0.6) is 11.5 Å². The molecule has 0 spiro atoms. The fourth-order valence-electron chi connectivity index (χ4n) is 2.87. The van der Waals surface area contributed by atoms with Crippen LogP contribution in [0.4, 0.5) is 0 Å². The van der Waals surface area contributed by atoms with Gasteiger partial charge in [0.15, 0.2) is 0 Å². The zero-order valence-corrected chi connectivity index (χ0v) is 20.7. The zero-order valence-electron chi connectivity index (χ0n) is 19.9. The van der Waals surface area contributed by atoms with Crippen molar-refractivity contribution >= 4 is 28.1 Å². The van der Waals surface area contributed by atoms with Gasteiger partial charge in [-0.15, -0.1) is 0 Å². The highest BCUT2D eigenvalue weighted by molar-refractivity contribution is 7.89. The Balaban J connectivity index is 1.46. The Labute approximate surface area is 210 Å². The van der Waals surface area contributed by atoms with Crippen LogP contribution in [-0.4, -0.2) is 39.7 Å². The number of ether oxygens (including phenoxy) is 2. The molecule has 10 heteroatoms. The quantitative estimate of drug-likeness (QED) is 0.177. The fraction of sp³-hybridized carbons (Fsp3) is 0.192. The lowest BCUT2D eigenvalue weighted by Crippen LogP contribution is -2.34. The molecule has 36 heavy (non-hydrogen) atoms. The van der Waals surface area contributed by atoms with Crippen LogP contribution in [0.3, 0.4) is 0 Å². The van der Waals surface area contributed by atoms with Gasteiger partial charge in [0.2, 0.25) is 10.0 Å². The van der Waals surface area contributed by atoms with E-state index in [1.807, 2.05) is 13.8 Å². The minimum absolute atomic E-state index is 0.0724. The van der Waals surface area contributed by atoms with Crippen LogP contribution in [0.15, 0.2) is 82.8 Å². The number of benzene rings is 3. The highest BCUT2D eigenvalue weighted by Gasteiger charge is 2.15. The number of aryl methyl sites for hydroxylation is 1. The maximum atomic E-state index is 12.3. The molecule has 0 saturated heterocycles. The van der Waals surface area contributed by atoms with Gasteiger partial charge in [-0.2, -0.15) is 5.10 Å². The molecule has 3 rings (SSSR count). The van der Waals surface area contributed by atoms with Gasteiger partial charge in [0.1, 0.15) is 11.5 Å². The van der Waals surface area contributed by atoms with Crippen molar-refractivity contribution in [1.29, 1.82) is 0 Å². The molecule has 0 aromatic heterocycles. The number of sulfonamides is 1. The smallest absolute Gasteiger partial charge is 0.343 e. The summed E-state index contributed by atoms with van der Waals surface area (Å²) in [4.78, 5) is 24.3. The minimum Gasteiger partial charge on any atom is -0.494 e. The molecule has 0 aliphatic heterocycles. The number of esters is 1. The van der Waals surface area contributed by atoms with E-state index in [-0.39, 0.29) is 4.90 Å². The monoisotopic (exact) mass is 509 g/mol. The van der Waals surface area contributed by atoms with Crippen molar-refractivity contribution in [2.75, 3.05) is 13.2 Å². The molecule has 0 saturated carbocycles. The lowest BCUT2D eigenvalue weighted by molar-refractivity contribution is -0.119. The van der Waals surface area contributed by atoms with E-state index in [2.05, 4.69) is 15.2 Å². The predicted molar refractivity (Wildman–Crippen MR) is 136 cm³/mol. The highest BCUT2D eigenvalue weighted by Crippen LogP contribution is 2.16. The maximum absolute atomic E-state index is 12.3. The molecular weight excluding hydrogens is 482 g/mol. The van der Waals surface area contributed by atoms with Gasteiger partial charge < -0.3 is 9.47 Å². The SMILES string of the molecule is CCCOc1ccc(C(=O)Oc2ccc(C=NNC(=O)CNS(=O)(=O)c3ccc(C)cc3)cc2)cc1. The van der Waals surface area contributed by atoms with Crippen molar-refractivity contribution < 1.29 is 27.5 Å². The normalized spacial score (nSPS) is 11.3. The molecule has 0 bridgehead atoms. The summed E-state index contributed by atoms with van der Waals surface area (Å²) in [6, 6.07) is 19.5. The molecule has 0 radical (unpaired) electrons. The third kappa shape index (κ3) is 8.03. The first-order chi connectivity index (χ1) is 17.3. The summed E-state index contributed by atoms with van der Waals surface area (Å²) in [5.74, 6) is -0.0942. The molecule has 9 nitrogen and oxygen atoms in total. The van der Waals surface area contributed by atoms with Gasteiger partial charge in [-0.25, -0.2) is 23.4 Å². The second kappa shape index (κ2) is 12.6. The van der Waals surface area contributed by atoms with Gasteiger partial charge in [-0.3, -0.25) is 4.79 Å². The van der Waals surface area contributed by atoms with Crippen molar-refractivity contribution in [3.8, 4) is 11.5 Å². The largest absolute Gasteiger partial charge is 0.494 e. The summed E-state index contributed by atoms with van der Waals surface area (Å²) in [5, 5.41) is 3.82. The third-order valence-electron chi connectivity index (χ3n) is 4.81. The first-order valence-corrected chi connectivity index (χ1v) is 12.7. The number of hydrazone groups is 1. The topological polar surface area (TPSA) is 123 Å². The second-order valence-corrected chi connectivity index (χ2v) is 9.53. The van der Waals surface area contributed by atoms with Crippen molar-refractivity contribution in [1.82, 2.24) is 10.1 Å². The number of amides is 1. The average Bonchev–Trinajstić information content (AvgIpc) is 2.88. The third-order valence-corrected chi connectivity index (χ3v) is 6.23. The first kappa shape index (κ1) is 26.6. The van der Waals surface area contributed by atoms with Crippen molar-refractivity contribution in [2.24, 2.45) is 5.10 Å². The van der Waals surface area contributed by atoms with Gasteiger partial charge in [-0.1, -0.05) is 24.6 Å². The van der Waals surface area contributed by atoms with Crippen LogP contribution in [0.2, 0.25) is 0 Å². The summed E-state index contributed by atoms with van der Waals surface area (Å²) in [6.45, 7) is 4.00. The first-order valence-electron chi connectivity index (χ1n) is 11.2. The molecule has 0 heterocycles. The Morgan fingerprint density at radius 2 is 1.56 bits per heavy atom. The number of carbonyl (C=O) groups excluding carboxylic acids is 2. The van der Waals surface area contributed by atoms with E-state index in [9.17, 15) is 18.0 Å². The number of rotatable bonds is 11. The molecule has 0 aliphatic carbocycles. The molecule has 0 aliphatic rings. The van der Waals surface area contributed by atoms with Crippen LogP contribution in [0, 0.1) is 6.92 Å². The molecule has 2 N–H and O–H groups in total. The Morgan fingerprint density at radius 1 is 0.917 bits per heavy atom. The number of carbonyl (C=O) groups is 2. The zero-order chi connectivity index (χ0) is 26.0. The summed E-state index contributed by atoms with van der Waals surface area (Å²) in [7, 11) is -3.80. The summed E-state index contributed by atoms with van der Waals surface area (Å²) >= 11 is 0. The molecule has 1 amide bonds. The number of hydrogen-bond acceptors (Lipinski definition) is 7. The Hall–Kier alpha value is -4.02. The van der Waals surface area contributed by atoms with Crippen LogP contribution < -0.4 is 19.6 Å². The maximum Gasteiger partial charge on any atom is 0.343 e. The second-order valence-electron chi connectivity index (χ2n) is 7.76. The standard InChI is InChI=1S/C26H27N3O6S/c1-3-16-34-22-12-8-21(9-13-22)26(31)35-23-10-6-20(7-11-23)17-27-29-25(30)18-28-36(32,33)24-14-4-19(2)5-15-24/h4-15,17,28H,3,16,18H2,1-2H3,(H,29,30). The highest BCUT2D eigenvalue weighted by atomic mass is 32.2. The van der Waals surface area contributed by atoms with Crippen LogP contribution in [0.1, 0.15) is 34.8 Å². The van der Waals surface area contributed by atoms with Crippen molar-refractivity contribution in [2.45, 2.75) is 25.2 Å². The van der Waals surface area contributed by atoms with Gasteiger partial charge in [0.25, 0.3) is 5.91 Å². The van der Waals surface area contributed by atoms with E-state index >= 15 is 0 Å². The lowest BCUT2D eigenvalue weighted by atomic mass is 10.2. The average molecular weight is 510 g/mol. The molecule has 0 atom stereocenters. The molecule has 0 unspecified atom stereocenters. The molecule has 3 aromatic carbocycles. The molecule has 0 fully saturated rings. The van der Waals surface area contributed by atoms with Gasteiger partial charge >= 0.3 is 5.97 Å². The number of hydrogen-bond donors (Lipinski definition) is 2. The Morgan fingerprint density at radius 3 is 2.19 bits per heavy atom. The Kier molecular flexibility index (Phi) is 9.32. The van der Waals surface area contributed by atoms with Gasteiger partial charge in [0, 0.05) is 0 Å². The van der Waals surface area contributed by atoms with Gasteiger partial charge in [0.05, 0.1) is 29.8 Å². The van der Waals surface area contributed by atoms with E-state index in [1.54, 1.807) is 60.7 Å². The van der Waals surface area contributed by atoms with E-state index < -0.39 is 28.4 Å².